The quantitative estimate of drug-likeness (QED) is 0.807. The van der Waals surface area contributed by atoms with Gasteiger partial charge in [-0.15, -0.1) is 0 Å². The fraction of sp³-hybridized carbons (Fsp3) is 0.500. The van der Waals surface area contributed by atoms with Crippen molar-refractivity contribution in [1.29, 1.82) is 0 Å². The van der Waals surface area contributed by atoms with Gasteiger partial charge < -0.3 is 14.7 Å². The summed E-state index contributed by atoms with van der Waals surface area (Å²) in [6, 6.07) is 7.92. The molecule has 0 spiro atoms. The van der Waals surface area contributed by atoms with Gasteiger partial charge in [0.1, 0.15) is 5.75 Å². The summed E-state index contributed by atoms with van der Waals surface area (Å²) in [6.45, 7) is 3.51. The van der Waals surface area contributed by atoms with E-state index in [0.717, 1.165) is 18.8 Å². The maximum absolute atomic E-state index is 10.6. The van der Waals surface area contributed by atoms with E-state index in [4.69, 9.17) is 9.84 Å². The van der Waals surface area contributed by atoms with Crippen LogP contribution in [-0.4, -0.2) is 36.7 Å². The van der Waals surface area contributed by atoms with Crippen molar-refractivity contribution in [3.8, 4) is 5.75 Å². The topological polar surface area (TPSA) is 49.8 Å². The van der Waals surface area contributed by atoms with E-state index in [2.05, 4.69) is 4.90 Å². The molecule has 4 heteroatoms. The number of carboxylic acid groups (broad SMARTS) is 1. The highest BCUT2D eigenvalue weighted by molar-refractivity contribution is 5.66. The highest BCUT2D eigenvalue weighted by Gasteiger charge is 2.10. The Bertz CT molecular complexity index is 392. The molecule has 1 aromatic rings. The molecule has 0 amide bonds. The molecule has 0 aliphatic rings. The predicted octanol–water partition coefficient (Wildman–Crippen LogP) is 2.24. The van der Waals surface area contributed by atoms with Crippen molar-refractivity contribution in [1.82, 2.24) is 4.90 Å². The molecule has 1 unspecified atom stereocenters. The van der Waals surface area contributed by atoms with Gasteiger partial charge in [-0.3, -0.25) is 4.79 Å². The Balaban J connectivity index is 2.48. The molecule has 0 fully saturated rings. The Morgan fingerprint density at radius 2 is 2.22 bits per heavy atom. The Morgan fingerprint density at radius 1 is 1.50 bits per heavy atom. The summed E-state index contributed by atoms with van der Waals surface area (Å²) in [7, 11) is 3.65. The van der Waals surface area contributed by atoms with Gasteiger partial charge in [0.2, 0.25) is 0 Å². The van der Waals surface area contributed by atoms with Crippen LogP contribution >= 0.6 is 0 Å². The maximum Gasteiger partial charge on any atom is 0.303 e. The molecule has 0 aliphatic heterocycles. The number of methoxy groups -OCH3 is 1. The van der Waals surface area contributed by atoms with Gasteiger partial charge in [0.15, 0.2) is 0 Å². The molecule has 4 nitrogen and oxygen atoms in total. The Labute approximate surface area is 108 Å². The van der Waals surface area contributed by atoms with Gasteiger partial charge in [-0.2, -0.15) is 0 Å². The first-order valence-electron chi connectivity index (χ1n) is 6.04. The molecule has 0 saturated carbocycles. The lowest BCUT2D eigenvalue weighted by molar-refractivity contribution is -0.138. The molecule has 1 rings (SSSR count). The zero-order valence-electron chi connectivity index (χ0n) is 11.2. The third-order valence-electron chi connectivity index (χ3n) is 2.73. The fourth-order valence-corrected chi connectivity index (χ4v) is 2.04. The molecular weight excluding hydrogens is 230 g/mol. The van der Waals surface area contributed by atoms with Gasteiger partial charge in [0.05, 0.1) is 7.11 Å². The maximum atomic E-state index is 10.6. The minimum Gasteiger partial charge on any atom is -0.497 e. The van der Waals surface area contributed by atoms with E-state index in [1.54, 1.807) is 7.11 Å². The predicted molar refractivity (Wildman–Crippen MR) is 70.7 cm³/mol. The summed E-state index contributed by atoms with van der Waals surface area (Å²) < 4.78 is 5.17. The van der Waals surface area contributed by atoms with Crippen LogP contribution < -0.4 is 4.74 Å². The van der Waals surface area contributed by atoms with Crippen LogP contribution in [0.2, 0.25) is 0 Å². The van der Waals surface area contributed by atoms with Crippen LogP contribution in [0.15, 0.2) is 24.3 Å². The van der Waals surface area contributed by atoms with Crippen molar-refractivity contribution in [3.05, 3.63) is 29.8 Å². The van der Waals surface area contributed by atoms with E-state index < -0.39 is 5.97 Å². The first-order valence-corrected chi connectivity index (χ1v) is 6.04. The number of carbonyl (C=O) groups is 1. The fourth-order valence-electron chi connectivity index (χ4n) is 2.04. The van der Waals surface area contributed by atoms with E-state index in [9.17, 15) is 4.79 Å². The lowest BCUT2D eigenvalue weighted by Crippen LogP contribution is -2.25. The molecule has 0 aliphatic carbocycles. The third kappa shape index (κ3) is 5.19. The molecule has 0 aromatic heterocycles. The standard InChI is InChI=1S/C14H21NO3/c1-11(7-14(16)17)9-15(2)10-12-5-4-6-13(8-12)18-3/h4-6,8,11H,7,9-10H2,1-3H3,(H,16,17). The molecular formula is C14H21NO3. The Hall–Kier alpha value is -1.55. The van der Waals surface area contributed by atoms with Crippen LogP contribution in [0.4, 0.5) is 0 Å². The van der Waals surface area contributed by atoms with E-state index in [1.165, 1.54) is 5.56 Å². The van der Waals surface area contributed by atoms with Gasteiger partial charge in [0, 0.05) is 19.5 Å². The van der Waals surface area contributed by atoms with Gasteiger partial charge in [-0.25, -0.2) is 0 Å². The largest absolute Gasteiger partial charge is 0.497 e. The van der Waals surface area contributed by atoms with Crippen LogP contribution in [0, 0.1) is 5.92 Å². The van der Waals surface area contributed by atoms with Gasteiger partial charge >= 0.3 is 5.97 Å². The third-order valence-corrected chi connectivity index (χ3v) is 2.73. The van der Waals surface area contributed by atoms with Crippen molar-refractivity contribution in [2.24, 2.45) is 5.92 Å². The van der Waals surface area contributed by atoms with Gasteiger partial charge in [0.25, 0.3) is 0 Å². The van der Waals surface area contributed by atoms with Gasteiger partial charge in [-0.05, 0) is 30.7 Å². The van der Waals surface area contributed by atoms with Crippen LogP contribution in [0.25, 0.3) is 0 Å². The van der Waals surface area contributed by atoms with E-state index in [-0.39, 0.29) is 12.3 Å². The second-order valence-corrected chi connectivity index (χ2v) is 4.75. The molecule has 100 valence electrons. The molecule has 0 heterocycles. The SMILES string of the molecule is COc1cccc(CN(C)CC(C)CC(=O)O)c1. The van der Waals surface area contributed by atoms with E-state index >= 15 is 0 Å². The highest BCUT2D eigenvalue weighted by atomic mass is 16.5. The molecule has 1 N–H and O–H groups in total. The van der Waals surface area contributed by atoms with Crippen molar-refractivity contribution in [2.75, 3.05) is 20.7 Å². The average molecular weight is 251 g/mol. The zero-order chi connectivity index (χ0) is 13.5. The minimum atomic E-state index is -0.739. The normalized spacial score (nSPS) is 12.4. The monoisotopic (exact) mass is 251 g/mol. The summed E-state index contributed by atoms with van der Waals surface area (Å²) in [4.78, 5) is 12.7. The molecule has 1 atom stereocenters. The molecule has 0 radical (unpaired) electrons. The number of rotatable bonds is 7. The summed E-state index contributed by atoms with van der Waals surface area (Å²) in [5.41, 5.74) is 1.17. The molecule has 18 heavy (non-hydrogen) atoms. The van der Waals surface area contributed by atoms with Crippen LogP contribution in [0.3, 0.4) is 0 Å². The summed E-state index contributed by atoms with van der Waals surface area (Å²) in [5, 5.41) is 8.72. The number of nitrogens with zero attached hydrogens (tertiary/aromatic N) is 1. The van der Waals surface area contributed by atoms with Crippen LogP contribution in [0.5, 0.6) is 5.75 Å². The van der Waals surface area contributed by atoms with Crippen LogP contribution in [-0.2, 0) is 11.3 Å². The molecule has 0 saturated heterocycles. The minimum absolute atomic E-state index is 0.151. The first kappa shape index (κ1) is 14.5. The Kier molecular flexibility index (Phi) is 5.65. The van der Waals surface area contributed by atoms with Crippen molar-refractivity contribution in [2.45, 2.75) is 19.9 Å². The summed E-state index contributed by atoms with van der Waals surface area (Å²) in [5.74, 6) is 0.259. The smallest absolute Gasteiger partial charge is 0.303 e. The Morgan fingerprint density at radius 3 is 2.83 bits per heavy atom. The van der Waals surface area contributed by atoms with Crippen molar-refractivity contribution in [3.63, 3.8) is 0 Å². The van der Waals surface area contributed by atoms with E-state index in [0.29, 0.717) is 0 Å². The number of carboxylic acids is 1. The first-order chi connectivity index (χ1) is 8.51. The number of hydrogen-bond acceptors (Lipinski definition) is 3. The van der Waals surface area contributed by atoms with Crippen molar-refractivity contribution >= 4 is 5.97 Å². The molecule has 0 bridgehead atoms. The number of ether oxygens (including phenoxy) is 1. The van der Waals surface area contributed by atoms with Crippen molar-refractivity contribution < 1.29 is 14.6 Å². The summed E-state index contributed by atoms with van der Waals surface area (Å²) >= 11 is 0. The lowest BCUT2D eigenvalue weighted by Gasteiger charge is -2.20. The number of benzene rings is 1. The lowest BCUT2D eigenvalue weighted by atomic mass is 10.1. The second-order valence-electron chi connectivity index (χ2n) is 4.75. The van der Waals surface area contributed by atoms with E-state index in [1.807, 2.05) is 38.2 Å². The van der Waals surface area contributed by atoms with Gasteiger partial charge in [-0.1, -0.05) is 19.1 Å². The molecule has 1 aromatic carbocycles. The average Bonchev–Trinajstić information content (AvgIpc) is 2.27. The second kappa shape index (κ2) is 7.01. The number of hydrogen-bond donors (Lipinski definition) is 1. The zero-order valence-corrected chi connectivity index (χ0v) is 11.2. The summed E-state index contributed by atoms with van der Waals surface area (Å²) in [6.07, 6.45) is 0.211. The highest BCUT2D eigenvalue weighted by Crippen LogP contribution is 2.14. The van der Waals surface area contributed by atoms with Crippen LogP contribution in [0.1, 0.15) is 18.9 Å². The number of aliphatic carboxylic acids is 1.